The number of carboxylic acid groups (broad SMARTS) is 1. The molecule has 24 atom stereocenters. The van der Waals surface area contributed by atoms with E-state index in [2.05, 4.69) is 226 Å². The first kappa shape index (κ1) is 115. The second-order valence-corrected chi connectivity index (χ2v) is 67.5. The van der Waals surface area contributed by atoms with Gasteiger partial charge in [0.05, 0.1) is 12.2 Å². The normalized spacial score (nSPS) is 35.6. The number of carboxylic acids is 1. The van der Waals surface area contributed by atoms with E-state index in [1.807, 2.05) is 0 Å². The van der Waals surface area contributed by atoms with Crippen LogP contribution in [0, 0.1) is 110 Å². The van der Waals surface area contributed by atoms with E-state index >= 15 is 0 Å². The van der Waals surface area contributed by atoms with Crippen molar-refractivity contribution in [2.45, 2.75) is 525 Å². The second-order valence-electron chi connectivity index (χ2n) is 53.2. The molecular weight excluding hydrogens is 1720 g/mol. The lowest BCUT2D eigenvalue weighted by molar-refractivity contribution is -0.137. The average molecular weight is 1920 g/mol. The lowest BCUT2D eigenvalue weighted by Crippen LogP contribution is -2.45. The first-order valence-electron chi connectivity index (χ1n) is 56.3. The zero-order valence-electron chi connectivity index (χ0n) is 91.7. The minimum absolute atomic E-state index is 0.262. The van der Waals surface area contributed by atoms with Crippen LogP contribution >= 0.6 is 0 Å². The molecule has 0 unspecified atom stereocenters. The number of hydrogen-bond donors (Lipinski definition) is 5. The van der Waals surface area contributed by atoms with E-state index in [9.17, 15) is 29.4 Å². The fourth-order valence-electron chi connectivity index (χ4n) is 29.4. The van der Waals surface area contributed by atoms with Gasteiger partial charge in [-0.2, -0.15) is 0 Å². The largest absolute Gasteiger partial charge is 0.481 e. The molecule has 0 spiro atoms. The summed E-state index contributed by atoms with van der Waals surface area (Å²) in [6.07, 6.45) is 75.3. The summed E-state index contributed by atoms with van der Waals surface area (Å²) in [6, 6.07) is 0. The number of hydrogen-bond acceptors (Lipinski definition) is 10. The summed E-state index contributed by atoms with van der Waals surface area (Å²) < 4.78 is 20.6. The van der Waals surface area contributed by atoms with Crippen molar-refractivity contribution in [2.75, 3.05) is 0 Å². The molecule has 0 aromatic carbocycles. The number of allylic oxidation sites excluding steroid dienone is 12. The summed E-state index contributed by atoms with van der Waals surface area (Å²) >= 11 is 0. The number of aliphatic carboxylic acids is 1. The third-order valence-electron chi connectivity index (χ3n) is 39.6. The molecule has 0 heterocycles. The summed E-state index contributed by atoms with van der Waals surface area (Å²) in [5, 5.41) is 38.3. The number of rotatable bonds is 33. The predicted molar refractivity (Wildman–Crippen MR) is 574 cm³/mol. The van der Waals surface area contributed by atoms with Crippen molar-refractivity contribution in [2.24, 2.45) is 110 Å². The SMILES string of the molecule is C[C@@H]1C/C(=C/C=C2\CCC[C@]3(C)[C@@H]([C@H](C)CCCC=O)CC[C@@H]23)C[C@@H](O[Si](C)(C)C(C)(C)C)C1.C[C@@H]1C/C(=C/C=C2\CCC[C@]3(C)[C@@H]([C@H](C)CCCCC(=O)O)CC[C@@H]23)C[C@@H](O[Si](C)(C)C(C)(C)C)C1.C[C@@H]1C/C(=C/C=C2\CCC[C@]3(C)[C@@H]([C@H](C)CCCCC=O)CC[C@@H]23)C[C@@H](O[Si](C)(C)C(C)(C)C)C1.C[C@H](CCCCC(=O)NO)[C@H]1CC[C@H]2/C(=C/C=C3C[C@@H](O)C[C@H](O)C3)CCC[C@]12C. The Labute approximate surface area is 831 Å². The number of unbranched alkanes of at least 4 members (excludes halogenated alkanes) is 5. The highest BCUT2D eigenvalue weighted by molar-refractivity contribution is 6.75. The van der Waals surface area contributed by atoms with Gasteiger partial charge >= 0.3 is 5.97 Å². The Balaban J connectivity index is 0.000000202. The van der Waals surface area contributed by atoms with Crippen LogP contribution in [-0.4, -0.2) is 100 Å². The summed E-state index contributed by atoms with van der Waals surface area (Å²) in [7, 11) is -5.20. The highest BCUT2D eigenvalue weighted by Crippen LogP contribution is 2.65. The molecule has 12 aliphatic rings. The molecule has 0 aromatic heterocycles. The third-order valence-corrected chi connectivity index (χ3v) is 53.2. The van der Waals surface area contributed by atoms with Crippen LogP contribution in [0.2, 0.25) is 54.4 Å². The molecule has 12 nitrogen and oxygen atoms in total. The molecule has 12 rings (SSSR count). The van der Waals surface area contributed by atoms with Crippen molar-refractivity contribution in [3.8, 4) is 0 Å². The van der Waals surface area contributed by atoms with Crippen LogP contribution in [0.15, 0.2) is 93.2 Å². The van der Waals surface area contributed by atoms with E-state index in [1.54, 1.807) is 44.5 Å². The molecule has 0 bridgehead atoms. The predicted octanol–water partition coefficient (Wildman–Crippen LogP) is 33.1. The molecule has 15 heteroatoms. The fraction of sp³-hybridized carbons (Fsp3) is 0.833. The minimum Gasteiger partial charge on any atom is -0.481 e. The van der Waals surface area contributed by atoms with Gasteiger partial charge in [0.2, 0.25) is 5.91 Å². The number of aliphatic hydroxyl groups excluding tert-OH is 2. The Morgan fingerprint density at radius 1 is 0.385 bits per heavy atom. The van der Waals surface area contributed by atoms with E-state index in [1.165, 1.54) is 198 Å². The van der Waals surface area contributed by atoms with Crippen molar-refractivity contribution < 1.29 is 53.0 Å². The van der Waals surface area contributed by atoms with E-state index in [0.29, 0.717) is 102 Å². The first-order chi connectivity index (χ1) is 63.3. The molecule has 12 aliphatic carbocycles. The Hall–Kier alpha value is -3.39. The van der Waals surface area contributed by atoms with E-state index < -0.39 is 43.1 Å². The van der Waals surface area contributed by atoms with Crippen molar-refractivity contribution >= 4 is 49.4 Å². The third kappa shape index (κ3) is 31.6. The Morgan fingerprint density at radius 3 is 0.926 bits per heavy atom. The molecule has 1 amide bonds. The lowest BCUT2D eigenvalue weighted by atomic mass is 9.60. The molecule has 12 fully saturated rings. The number of carbonyl (C=O) groups excluding carboxylic acids is 3. The summed E-state index contributed by atoms with van der Waals surface area (Å²) in [5.74, 6) is 10.1. The number of nitrogens with one attached hydrogen (secondary N) is 1. The standard InChI is InChI=1S/C32H56O3Si.C32H56O2Si.C31H54O2Si.C25H41NO4/c1-23-20-25(22-27(21-23)35-36(7,8)31(3,4)5)15-16-26-13-11-19-32(6)28(17-18-29(26)32)24(2)12-9-10-14-30(33)34;1-24-21-26(23-28(22-24)34-35(7,8)31(3,4)5)15-16-27-14-12-19-32(6)29(17-18-30(27)32)25(2)13-10-9-11-20-33;1-23-20-25(22-27(21-23)33-34(7,8)30(3,4)5)14-15-26-13-11-18-31(6)28(16-17-29(26)31)24(2)12-9-10-19-32;1-17(6-3-4-8-24(29)26-30)22-11-12-23-19(7-5-13-25(22,23)2)10-9-18-14-20(27)16-21(28)15-18/h15-16,23-24,27-29H,9-14,17-22H2,1-8H3,(H,33,34);15-16,20,24-25,28-30H,9-14,17-19,21-23H2,1-8H3;14-15,19,23-24,27-29H,9-13,16-18,20-22H2,1-8H3;9-10,17,20-23,27-28,30H,3-8,11-16H2,1-2H3,(H,26,29)/b25-15-,26-16+;26-15-,27-16+;25-14-,26-15+;19-10+/t23-,24-,27+,28-,29+,32-;24-,25-,28+,29-,30+,32-;23-,24-,27+,28-,29+,31-;17-,20-,21-,22-,23+,25-/m1111/s1. The number of carbonyl (C=O) groups is 4. The Kier molecular flexibility index (Phi) is 43.4. The zero-order chi connectivity index (χ0) is 99.5. The Morgan fingerprint density at radius 2 is 0.652 bits per heavy atom. The van der Waals surface area contributed by atoms with Crippen LogP contribution in [-0.2, 0) is 32.5 Å². The van der Waals surface area contributed by atoms with E-state index in [0.717, 1.165) is 149 Å². The van der Waals surface area contributed by atoms with Crippen LogP contribution in [0.3, 0.4) is 0 Å². The van der Waals surface area contributed by atoms with Gasteiger partial charge in [-0.25, -0.2) is 5.48 Å². The molecular formula is C120H207NO11Si3. The van der Waals surface area contributed by atoms with Gasteiger partial charge in [-0.05, 0) is 396 Å². The quantitative estimate of drug-likeness (QED) is 0.0138. The van der Waals surface area contributed by atoms with Crippen molar-refractivity contribution in [3.63, 3.8) is 0 Å². The molecule has 12 saturated carbocycles. The van der Waals surface area contributed by atoms with Gasteiger partial charge in [0, 0.05) is 44.0 Å². The number of aldehydes is 2. The maximum Gasteiger partial charge on any atom is 0.303 e. The molecule has 135 heavy (non-hydrogen) atoms. The van der Waals surface area contributed by atoms with Gasteiger partial charge in [-0.15, -0.1) is 0 Å². The van der Waals surface area contributed by atoms with E-state index in [-0.39, 0.29) is 21.0 Å². The fourth-order valence-corrected chi connectivity index (χ4v) is 33.5. The molecule has 0 aromatic rings. The molecule has 0 radical (unpaired) electrons. The molecule has 5 N–H and O–H groups in total. The smallest absolute Gasteiger partial charge is 0.303 e. The van der Waals surface area contributed by atoms with Crippen molar-refractivity contribution in [1.82, 2.24) is 5.48 Å². The highest BCUT2D eigenvalue weighted by atomic mass is 28.4. The van der Waals surface area contributed by atoms with Gasteiger partial charge in [-0.1, -0.05) is 277 Å². The topological polar surface area (TPSA) is 189 Å². The number of aliphatic hydroxyl groups is 2. The van der Waals surface area contributed by atoms with Crippen LogP contribution < -0.4 is 5.48 Å². The minimum atomic E-state index is -1.74. The molecule has 770 valence electrons. The van der Waals surface area contributed by atoms with Gasteiger partial charge in [0.1, 0.15) is 12.6 Å². The maximum atomic E-state index is 11.2. The molecule has 0 aliphatic heterocycles. The van der Waals surface area contributed by atoms with Gasteiger partial charge < -0.3 is 38.2 Å². The summed E-state index contributed by atoms with van der Waals surface area (Å²) in [6.45, 7) is 62.8. The molecule has 0 saturated heterocycles. The Bertz CT molecular complexity index is 4010. The van der Waals surface area contributed by atoms with Crippen LogP contribution in [0.4, 0.5) is 0 Å². The van der Waals surface area contributed by atoms with Crippen molar-refractivity contribution in [1.29, 1.82) is 0 Å². The second kappa shape index (κ2) is 50.9. The van der Waals surface area contributed by atoms with Crippen LogP contribution in [0.5, 0.6) is 0 Å². The van der Waals surface area contributed by atoms with Gasteiger partial charge in [0.15, 0.2) is 25.0 Å². The number of hydroxylamine groups is 1. The maximum absolute atomic E-state index is 11.2. The van der Waals surface area contributed by atoms with Crippen LogP contribution in [0.1, 0.15) is 440 Å². The summed E-state index contributed by atoms with van der Waals surface area (Å²) in [5.41, 5.74) is 16.2. The number of fused-ring (bicyclic) bond motifs is 4. The average Bonchev–Trinajstić information content (AvgIpc) is 1.62. The summed E-state index contributed by atoms with van der Waals surface area (Å²) in [4.78, 5) is 43.5. The lowest BCUT2D eigenvalue weighted by Gasteiger charge is -2.44. The zero-order valence-corrected chi connectivity index (χ0v) is 94.7. The highest BCUT2D eigenvalue weighted by Gasteiger charge is 2.56. The number of amides is 1. The van der Waals surface area contributed by atoms with Crippen LogP contribution in [0.25, 0.3) is 0 Å². The van der Waals surface area contributed by atoms with Gasteiger partial charge in [-0.3, -0.25) is 14.8 Å². The monoisotopic (exact) mass is 1920 g/mol. The van der Waals surface area contributed by atoms with Gasteiger partial charge in [0.25, 0.3) is 0 Å². The van der Waals surface area contributed by atoms with Crippen molar-refractivity contribution in [3.05, 3.63) is 93.2 Å². The first-order valence-corrected chi connectivity index (χ1v) is 65.0. The van der Waals surface area contributed by atoms with E-state index in [4.69, 9.17) is 23.6 Å².